The lowest BCUT2D eigenvalue weighted by molar-refractivity contribution is 0.0325. The second-order valence-corrected chi connectivity index (χ2v) is 4.99. The minimum Gasteiger partial charge on any atom is -0.464 e. The summed E-state index contributed by atoms with van der Waals surface area (Å²) in [5, 5.41) is 0.748. The normalized spacial score (nSPS) is 10.9. The molecule has 0 unspecified atom stereocenters. The van der Waals surface area contributed by atoms with Crippen molar-refractivity contribution in [1.29, 1.82) is 0 Å². The van der Waals surface area contributed by atoms with Gasteiger partial charge in [-0.2, -0.15) is 0 Å². The average molecular weight is 359 g/mol. The summed E-state index contributed by atoms with van der Waals surface area (Å²) >= 11 is 3.21. The van der Waals surface area contributed by atoms with E-state index in [0.717, 1.165) is 10.9 Å². The Morgan fingerprint density at radius 3 is 2.48 bits per heavy atom. The number of hydrogen-bond acceptors (Lipinski definition) is 6. The van der Waals surface area contributed by atoms with E-state index in [1.807, 2.05) is 6.92 Å². The zero-order chi connectivity index (χ0) is 15.4. The van der Waals surface area contributed by atoms with Gasteiger partial charge in [0.2, 0.25) is 5.75 Å². The predicted molar refractivity (Wildman–Crippen MR) is 79.9 cm³/mol. The molecule has 0 saturated carbocycles. The van der Waals surface area contributed by atoms with Crippen molar-refractivity contribution in [1.82, 2.24) is 0 Å². The van der Waals surface area contributed by atoms with Gasteiger partial charge in [-0.25, -0.2) is 4.79 Å². The molecule has 1 aromatic heterocycles. The van der Waals surface area contributed by atoms with Gasteiger partial charge in [-0.05, 0) is 40.5 Å². The molecule has 6 nitrogen and oxygen atoms in total. The van der Waals surface area contributed by atoms with Crippen molar-refractivity contribution in [2.75, 3.05) is 27.8 Å². The molecule has 0 fully saturated rings. The molecule has 1 heterocycles. The molecule has 0 aliphatic heterocycles. The van der Waals surface area contributed by atoms with Crippen LogP contribution < -0.4 is 15.1 Å². The molecular formula is C14H15BrO6. The first kappa shape index (κ1) is 15.8. The lowest BCUT2D eigenvalue weighted by atomic mass is 10.1. The van der Waals surface area contributed by atoms with Crippen molar-refractivity contribution >= 4 is 26.9 Å². The highest BCUT2D eigenvalue weighted by Crippen LogP contribution is 2.37. The van der Waals surface area contributed by atoms with Gasteiger partial charge in [0, 0.05) is 19.6 Å². The van der Waals surface area contributed by atoms with Gasteiger partial charge < -0.3 is 23.4 Å². The molecule has 2 rings (SSSR count). The molecule has 0 radical (unpaired) electrons. The Balaban J connectivity index is 2.65. The Hall–Kier alpha value is -1.57. The Morgan fingerprint density at radius 1 is 1.14 bits per heavy atom. The molecule has 0 bridgehead atoms. The van der Waals surface area contributed by atoms with E-state index >= 15 is 0 Å². The Morgan fingerprint density at radius 2 is 1.81 bits per heavy atom. The molecule has 1 aromatic carbocycles. The van der Waals surface area contributed by atoms with E-state index < -0.39 is 5.63 Å². The van der Waals surface area contributed by atoms with Gasteiger partial charge in [-0.1, -0.05) is 0 Å². The third-order valence-corrected chi connectivity index (χ3v) is 3.76. The van der Waals surface area contributed by atoms with Crippen LogP contribution in [0.4, 0.5) is 0 Å². The van der Waals surface area contributed by atoms with E-state index in [1.165, 1.54) is 14.2 Å². The van der Waals surface area contributed by atoms with Crippen molar-refractivity contribution in [3.63, 3.8) is 0 Å². The van der Waals surface area contributed by atoms with Gasteiger partial charge in [0.05, 0.1) is 0 Å². The van der Waals surface area contributed by atoms with E-state index in [0.29, 0.717) is 21.6 Å². The van der Waals surface area contributed by atoms with E-state index in [4.69, 9.17) is 23.4 Å². The fraction of sp³-hybridized carbons (Fsp3) is 0.357. The van der Waals surface area contributed by atoms with Crippen molar-refractivity contribution in [2.45, 2.75) is 6.92 Å². The third kappa shape index (κ3) is 3.20. The van der Waals surface area contributed by atoms with Gasteiger partial charge >= 0.3 is 5.63 Å². The third-order valence-electron chi connectivity index (χ3n) is 2.84. The summed E-state index contributed by atoms with van der Waals surface area (Å²) < 4.78 is 26.4. The summed E-state index contributed by atoms with van der Waals surface area (Å²) in [6, 6.07) is 3.52. The molecule has 0 amide bonds. The van der Waals surface area contributed by atoms with Crippen molar-refractivity contribution < 1.29 is 23.4 Å². The molecule has 0 aliphatic rings. The van der Waals surface area contributed by atoms with E-state index in [-0.39, 0.29) is 13.6 Å². The summed E-state index contributed by atoms with van der Waals surface area (Å²) in [5.41, 5.74) is 0.597. The number of fused-ring (bicyclic) bond motifs is 1. The predicted octanol–water partition coefficient (Wildman–Crippen LogP) is 2.83. The quantitative estimate of drug-likeness (QED) is 0.584. The van der Waals surface area contributed by atoms with Crippen molar-refractivity contribution in [2.24, 2.45) is 0 Å². The monoisotopic (exact) mass is 358 g/mol. The maximum Gasteiger partial charge on any atom is 0.351 e. The molecule has 0 N–H and O–H groups in total. The molecule has 0 spiro atoms. The fourth-order valence-corrected chi connectivity index (χ4v) is 2.14. The minimum atomic E-state index is -0.480. The summed E-state index contributed by atoms with van der Waals surface area (Å²) in [4.78, 5) is 11.8. The van der Waals surface area contributed by atoms with E-state index in [1.54, 1.807) is 12.1 Å². The first-order valence-corrected chi connectivity index (χ1v) is 6.88. The second kappa shape index (κ2) is 6.93. The van der Waals surface area contributed by atoms with Gasteiger partial charge in [-0.15, -0.1) is 0 Å². The molecule has 114 valence electrons. The van der Waals surface area contributed by atoms with Gasteiger partial charge in [0.25, 0.3) is 0 Å². The van der Waals surface area contributed by atoms with E-state index in [9.17, 15) is 4.79 Å². The first-order valence-electron chi connectivity index (χ1n) is 6.09. The van der Waals surface area contributed by atoms with Crippen LogP contribution in [0, 0.1) is 6.92 Å². The second-order valence-electron chi connectivity index (χ2n) is 4.20. The first-order chi connectivity index (χ1) is 10.1. The van der Waals surface area contributed by atoms with Crippen molar-refractivity contribution in [3.8, 4) is 11.5 Å². The largest absolute Gasteiger partial charge is 0.464 e. The topological polar surface area (TPSA) is 67.1 Å². The van der Waals surface area contributed by atoms with Crippen LogP contribution in [-0.4, -0.2) is 27.8 Å². The van der Waals surface area contributed by atoms with E-state index in [2.05, 4.69) is 15.9 Å². The van der Waals surface area contributed by atoms with Gasteiger partial charge in [-0.3, -0.25) is 0 Å². The number of methoxy groups -OCH3 is 2. The molecule has 0 saturated heterocycles. The number of hydrogen-bond donors (Lipinski definition) is 0. The highest BCUT2D eigenvalue weighted by molar-refractivity contribution is 9.10. The summed E-state index contributed by atoms with van der Waals surface area (Å²) in [6.45, 7) is 1.87. The summed E-state index contributed by atoms with van der Waals surface area (Å²) in [6.07, 6.45) is 0. The molecular weight excluding hydrogens is 344 g/mol. The van der Waals surface area contributed by atoms with Crippen LogP contribution in [-0.2, 0) is 9.47 Å². The standard InChI is InChI=1S/C14H15BrO6/c1-8-9-4-5-10(19-6-17-2)13(20-7-18-3)12(9)21-14(16)11(8)15/h4-5H,6-7H2,1-3H3. The van der Waals surface area contributed by atoms with Crippen LogP contribution in [0.5, 0.6) is 11.5 Å². The van der Waals surface area contributed by atoms with Crippen molar-refractivity contribution in [3.05, 3.63) is 32.6 Å². The fourth-order valence-electron chi connectivity index (χ4n) is 1.84. The molecule has 21 heavy (non-hydrogen) atoms. The molecule has 7 heteroatoms. The van der Waals surface area contributed by atoms with Crippen LogP contribution in [0.25, 0.3) is 11.0 Å². The summed E-state index contributed by atoms with van der Waals surface area (Å²) in [7, 11) is 3.01. The number of rotatable bonds is 6. The maximum absolute atomic E-state index is 11.8. The highest BCUT2D eigenvalue weighted by Gasteiger charge is 2.17. The van der Waals surface area contributed by atoms with Gasteiger partial charge in [0.15, 0.2) is 24.9 Å². The molecule has 2 aromatic rings. The van der Waals surface area contributed by atoms with Gasteiger partial charge in [0.1, 0.15) is 4.47 Å². The smallest absolute Gasteiger partial charge is 0.351 e. The number of aryl methyl sites for hydroxylation is 1. The van der Waals surface area contributed by atoms with Crippen LogP contribution in [0.3, 0.4) is 0 Å². The Kier molecular flexibility index (Phi) is 5.22. The zero-order valence-electron chi connectivity index (χ0n) is 11.9. The van der Waals surface area contributed by atoms with Crippen LogP contribution >= 0.6 is 15.9 Å². The lowest BCUT2D eigenvalue weighted by Crippen LogP contribution is -2.07. The zero-order valence-corrected chi connectivity index (χ0v) is 13.5. The SMILES string of the molecule is COCOc1ccc2c(C)c(Br)c(=O)oc2c1OCOC. The lowest BCUT2D eigenvalue weighted by Gasteiger charge is -2.14. The molecule has 0 atom stereocenters. The molecule has 0 aliphatic carbocycles. The van der Waals surface area contributed by atoms with Crippen LogP contribution in [0.2, 0.25) is 0 Å². The number of benzene rings is 1. The Bertz CT molecular complexity index is 694. The minimum absolute atomic E-state index is 0.00127. The number of ether oxygens (including phenoxy) is 4. The maximum atomic E-state index is 11.8. The Labute approximate surface area is 129 Å². The van der Waals surface area contributed by atoms with Crippen LogP contribution in [0.1, 0.15) is 5.56 Å². The van der Waals surface area contributed by atoms with Crippen LogP contribution in [0.15, 0.2) is 25.8 Å². The summed E-state index contributed by atoms with van der Waals surface area (Å²) in [5.74, 6) is 0.713. The highest BCUT2D eigenvalue weighted by atomic mass is 79.9. The average Bonchev–Trinajstić information content (AvgIpc) is 2.49. The number of halogens is 1.